The second kappa shape index (κ2) is 6.16. The van der Waals surface area contributed by atoms with Gasteiger partial charge in [-0.25, -0.2) is 14.3 Å². The van der Waals surface area contributed by atoms with Gasteiger partial charge in [0.2, 0.25) is 0 Å². The van der Waals surface area contributed by atoms with E-state index in [1.807, 2.05) is 48.5 Å². The van der Waals surface area contributed by atoms with Crippen molar-refractivity contribution in [2.75, 3.05) is 7.11 Å². The zero-order chi connectivity index (χ0) is 17.2. The Hall–Kier alpha value is -3.54. The molecule has 0 bridgehead atoms. The summed E-state index contributed by atoms with van der Waals surface area (Å²) in [6.45, 7) is 0. The first-order valence-corrected chi connectivity index (χ1v) is 7.71. The molecule has 0 unspecified atom stereocenters. The van der Waals surface area contributed by atoms with Crippen molar-refractivity contribution in [1.82, 2.24) is 19.6 Å². The molecule has 25 heavy (non-hydrogen) atoms. The number of methoxy groups -OCH3 is 1. The fourth-order valence-corrected chi connectivity index (χ4v) is 2.64. The second-order valence-corrected chi connectivity index (χ2v) is 5.43. The molecule has 122 valence electrons. The van der Waals surface area contributed by atoms with E-state index in [0.717, 1.165) is 16.8 Å². The van der Waals surface area contributed by atoms with Crippen molar-refractivity contribution in [1.29, 1.82) is 0 Å². The lowest BCUT2D eigenvalue weighted by Crippen LogP contribution is -2.10. The van der Waals surface area contributed by atoms with Crippen LogP contribution in [0.25, 0.3) is 28.2 Å². The normalized spacial score (nSPS) is 10.8. The van der Waals surface area contributed by atoms with Crippen molar-refractivity contribution in [3.05, 3.63) is 72.7 Å². The molecule has 4 aromatic rings. The number of carbonyl (C=O) groups excluding carboxylic acids is 1. The Morgan fingerprint density at radius 2 is 1.80 bits per heavy atom. The number of ether oxygens (including phenoxy) is 1. The topological polar surface area (TPSA) is 69.4 Å². The molecule has 0 aliphatic heterocycles. The Balaban J connectivity index is 1.95. The number of benzene rings is 1. The lowest BCUT2D eigenvalue weighted by molar-refractivity contribution is 0.0590. The van der Waals surface area contributed by atoms with Crippen LogP contribution in [-0.2, 0) is 4.74 Å². The van der Waals surface area contributed by atoms with E-state index < -0.39 is 5.97 Å². The average molecular weight is 330 g/mol. The Kier molecular flexibility index (Phi) is 3.70. The highest BCUT2D eigenvalue weighted by Gasteiger charge is 2.17. The highest BCUT2D eigenvalue weighted by molar-refractivity contribution is 5.90. The molecule has 0 saturated carbocycles. The van der Waals surface area contributed by atoms with E-state index in [0.29, 0.717) is 17.0 Å². The van der Waals surface area contributed by atoms with Gasteiger partial charge in [0.25, 0.3) is 0 Å². The van der Waals surface area contributed by atoms with E-state index in [-0.39, 0.29) is 0 Å². The Labute approximate surface area is 143 Å². The number of hydrogen-bond acceptors (Lipinski definition) is 5. The smallest absolute Gasteiger partial charge is 0.356 e. The fraction of sp³-hybridized carbons (Fsp3) is 0.0526. The van der Waals surface area contributed by atoms with Crippen molar-refractivity contribution in [3.8, 4) is 22.5 Å². The van der Waals surface area contributed by atoms with Crippen LogP contribution in [0.2, 0.25) is 0 Å². The maximum atomic E-state index is 12.2. The summed E-state index contributed by atoms with van der Waals surface area (Å²) in [4.78, 5) is 21.0. The zero-order valence-corrected chi connectivity index (χ0v) is 13.5. The Morgan fingerprint density at radius 1 is 1.00 bits per heavy atom. The molecule has 6 heteroatoms. The van der Waals surface area contributed by atoms with Crippen LogP contribution in [0.1, 0.15) is 10.5 Å². The van der Waals surface area contributed by atoms with Gasteiger partial charge in [0, 0.05) is 29.6 Å². The summed E-state index contributed by atoms with van der Waals surface area (Å²) in [5, 5.41) is 4.52. The third-order valence-electron chi connectivity index (χ3n) is 3.85. The predicted octanol–water partition coefficient (Wildman–Crippen LogP) is 3.24. The number of pyridine rings is 1. The molecule has 4 rings (SSSR count). The summed E-state index contributed by atoms with van der Waals surface area (Å²) >= 11 is 0. The van der Waals surface area contributed by atoms with Gasteiger partial charge in [-0.05, 0) is 18.2 Å². The number of nitrogens with zero attached hydrogens (tertiary/aromatic N) is 4. The molecule has 0 aliphatic rings. The van der Waals surface area contributed by atoms with Crippen LogP contribution in [0, 0.1) is 0 Å². The minimum absolute atomic E-state index is 0.313. The van der Waals surface area contributed by atoms with Crippen molar-refractivity contribution >= 4 is 11.6 Å². The third kappa shape index (κ3) is 2.74. The van der Waals surface area contributed by atoms with Gasteiger partial charge in [-0.3, -0.25) is 4.98 Å². The van der Waals surface area contributed by atoms with Crippen LogP contribution in [0.15, 0.2) is 67.0 Å². The van der Waals surface area contributed by atoms with E-state index in [9.17, 15) is 4.79 Å². The molecular formula is C19H14N4O2. The molecule has 0 aliphatic carbocycles. The predicted molar refractivity (Wildman–Crippen MR) is 93.0 cm³/mol. The van der Waals surface area contributed by atoms with Crippen molar-refractivity contribution in [3.63, 3.8) is 0 Å². The van der Waals surface area contributed by atoms with Crippen LogP contribution in [0.5, 0.6) is 0 Å². The van der Waals surface area contributed by atoms with Crippen LogP contribution in [0.3, 0.4) is 0 Å². The van der Waals surface area contributed by atoms with Gasteiger partial charge < -0.3 is 4.74 Å². The summed E-state index contributed by atoms with van der Waals surface area (Å²) in [7, 11) is 1.35. The summed E-state index contributed by atoms with van der Waals surface area (Å²) in [6.07, 6.45) is 3.39. The highest BCUT2D eigenvalue weighted by Crippen LogP contribution is 2.23. The molecular weight excluding hydrogens is 316 g/mol. The molecule has 1 aromatic carbocycles. The molecule has 0 amide bonds. The highest BCUT2D eigenvalue weighted by atomic mass is 16.5. The van der Waals surface area contributed by atoms with E-state index in [1.165, 1.54) is 11.6 Å². The van der Waals surface area contributed by atoms with E-state index in [4.69, 9.17) is 4.74 Å². The van der Waals surface area contributed by atoms with Crippen LogP contribution in [-0.4, -0.2) is 32.7 Å². The molecule has 0 N–H and O–H groups in total. The molecule has 0 spiro atoms. The van der Waals surface area contributed by atoms with Gasteiger partial charge in [-0.2, -0.15) is 5.10 Å². The van der Waals surface area contributed by atoms with Crippen LogP contribution < -0.4 is 0 Å². The first-order valence-electron chi connectivity index (χ1n) is 7.71. The van der Waals surface area contributed by atoms with Crippen molar-refractivity contribution in [2.45, 2.75) is 0 Å². The summed E-state index contributed by atoms with van der Waals surface area (Å²) < 4.78 is 6.42. The number of carbonyl (C=O) groups is 1. The maximum absolute atomic E-state index is 12.2. The Bertz CT molecular complexity index is 1040. The van der Waals surface area contributed by atoms with E-state index >= 15 is 0 Å². The molecule has 0 fully saturated rings. The monoisotopic (exact) mass is 330 g/mol. The number of rotatable bonds is 3. The maximum Gasteiger partial charge on any atom is 0.356 e. The second-order valence-electron chi connectivity index (χ2n) is 5.43. The molecule has 3 aromatic heterocycles. The summed E-state index contributed by atoms with van der Waals surface area (Å²) in [5.74, 6) is -0.472. The minimum atomic E-state index is -0.472. The van der Waals surface area contributed by atoms with Crippen LogP contribution >= 0.6 is 0 Å². The first kappa shape index (κ1) is 15.0. The van der Waals surface area contributed by atoms with Gasteiger partial charge in [-0.1, -0.05) is 30.3 Å². The van der Waals surface area contributed by atoms with Crippen molar-refractivity contribution in [2.24, 2.45) is 0 Å². The van der Waals surface area contributed by atoms with Crippen LogP contribution in [0.4, 0.5) is 0 Å². The summed E-state index contributed by atoms with van der Waals surface area (Å²) in [5.41, 5.74) is 4.03. The number of esters is 1. The molecule has 6 nitrogen and oxygen atoms in total. The van der Waals surface area contributed by atoms with Gasteiger partial charge in [0.1, 0.15) is 0 Å². The molecule has 0 radical (unpaired) electrons. The number of aromatic nitrogens is 4. The fourth-order valence-electron chi connectivity index (χ4n) is 2.64. The lowest BCUT2D eigenvalue weighted by Gasteiger charge is -2.06. The van der Waals surface area contributed by atoms with Gasteiger partial charge >= 0.3 is 5.97 Å². The van der Waals surface area contributed by atoms with Gasteiger partial charge in [0.05, 0.1) is 18.5 Å². The summed E-state index contributed by atoms with van der Waals surface area (Å²) in [6, 6.07) is 17.0. The molecule has 0 atom stereocenters. The van der Waals surface area contributed by atoms with E-state index in [1.54, 1.807) is 18.5 Å². The average Bonchev–Trinajstić information content (AvgIpc) is 3.12. The first-order chi connectivity index (χ1) is 12.3. The minimum Gasteiger partial charge on any atom is -0.464 e. The quantitative estimate of drug-likeness (QED) is 0.539. The molecule has 0 saturated heterocycles. The third-order valence-corrected chi connectivity index (χ3v) is 3.85. The van der Waals surface area contributed by atoms with Gasteiger partial charge in [0.15, 0.2) is 11.3 Å². The Morgan fingerprint density at radius 3 is 2.52 bits per heavy atom. The van der Waals surface area contributed by atoms with E-state index in [2.05, 4.69) is 15.1 Å². The standard InChI is InChI=1S/C19H14N4O2/c1-25-19(24)17-10-15(14-8-5-9-20-12-14)21-18-11-16(22-23(17)18)13-6-3-2-4-7-13/h2-12H,1H3. The molecule has 3 heterocycles. The SMILES string of the molecule is COC(=O)c1cc(-c2cccnc2)nc2cc(-c3ccccc3)nn12. The largest absolute Gasteiger partial charge is 0.464 e. The zero-order valence-electron chi connectivity index (χ0n) is 13.5. The van der Waals surface area contributed by atoms with Crippen molar-refractivity contribution < 1.29 is 9.53 Å². The number of fused-ring (bicyclic) bond motifs is 1. The van der Waals surface area contributed by atoms with Gasteiger partial charge in [-0.15, -0.1) is 0 Å². The number of hydrogen-bond donors (Lipinski definition) is 0. The lowest BCUT2D eigenvalue weighted by atomic mass is 10.1.